The molecule has 2 aromatic heterocycles. The third-order valence-corrected chi connectivity index (χ3v) is 8.81. The minimum absolute atomic E-state index is 0.0157. The molecule has 2 N–H and O–H groups in total. The first-order valence-electron chi connectivity index (χ1n) is 15.4. The number of ether oxygens (including phenoxy) is 2. The van der Waals surface area contributed by atoms with Crippen LogP contribution in [0.3, 0.4) is 0 Å². The van der Waals surface area contributed by atoms with E-state index in [0.29, 0.717) is 11.4 Å². The van der Waals surface area contributed by atoms with E-state index in [-0.39, 0.29) is 36.3 Å². The van der Waals surface area contributed by atoms with Gasteiger partial charge in [-0.2, -0.15) is 0 Å². The van der Waals surface area contributed by atoms with Gasteiger partial charge in [-0.3, -0.25) is 14.4 Å². The van der Waals surface area contributed by atoms with Crippen LogP contribution in [-0.2, 0) is 42.6 Å². The summed E-state index contributed by atoms with van der Waals surface area (Å²) in [6.45, 7) is 7.29. The molecule has 3 aromatic rings. The third-order valence-electron chi connectivity index (χ3n) is 8.81. The van der Waals surface area contributed by atoms with Crippen molar-refractivity contribution in [1.82, 2.24) is 14.5 Å². The summed E-state index contributed by atoms with van der Waals surface area (Å²) < 4.78 is 13.0. The van der Waals surface area contributed by atoms with Gasteiger partial charge in [0.15, 0.2) is 0 Å². The van der Waals surface area contributed by atoms with Crippen molar-refractivity contribution in [3.63, 3.8) is 0 Å². The number of pyridine rings is 2. The first-order valence-corrected chi connectivity index (χ1v) is 15.4. The Morgan fingerprint density at radius 3 is 2.67 bits per heavy atom. The Balaban J connectivity index is 1.46. The number of aliphatic imine (C=N–C) groups is 1. The maximum absolute atomic E-state index is 14.1. The summed E-state index contributed by atoms with van der Waals surface area (Å²) in [5.41, 5.74) is 7.65. The molecule has 5 heterocycles. The molecule has 0 saturated heterocycles. The van der Waals surface area contributed by atoms with Gasteiger partial charge in [0.2, 0.25) is 11.5 Å². The SMILES string of the molecule is CCCCCN1C=Nc2cccc3nc4c(c1c23)Cn1c-4cc2c(c1=O)COC(=O)[C@@]2(CC)OC(=O)CN(C)C(=O)C(C)(C)N. The molecule has 3 aliphatic rings. The lowest BCUT2D eigenvalue weighted by molar-refractivity contribution is -0.190. The average molecular weight is 615 g/mol. The number of likely N-dealkylation sites (N-methyl/N-ethyl adjacent to an activating group) is 1. The molecule has 45 heavy (non-hydrogen) atoms. The van der Waals surface area contributed by atoms with E-state index in [1.807, 2.05) is 24.5 Å². The number of cyclic esters (lactones) is 1. The summed E-state index contributed by atoms with van der Waals surface area (Å²) in [6, 6.07) is 7.54. The monoisotopic (exact) mass is 614 g/mol. The topological polar surface area (TPSA) is 149 Å². The van der Waals surface area contributed by atoms with Crippen LogP contribution in [0.4, 0.5) is 11.4 Å². The van der Waals surface area contributed by atoms with Gasteiger partial charge >= 0.3 is 11.9 Å². The van der Waals surface area contributed by atoms with E-state index < -0.39 is 35.5 Å². The van der Waals surface area contributed by atoms with E-state index in [2.05, 4.69) is 11.8 Å². The minimum Gasteiger partial charge on any atom is -0.457 e. The number of esters is 2. The molecule has 1 aromatic carbocycles. The molecule has 1 amide bonds. The maximum Gasteiger partial charge on any atom is 0.355 e. The van der Waals surface area contributed by atoms with Crippen LogP contribution >= 0.6 is 0 Å². The minimum atomic E-state index is -1.87. The van der Waals surface area contributed by atoms with Crippen LogP contribution in [0.1, 0.15) is 70.1 Å². The number of aromatic nitrogens is 2. The zero-order valence-electron chi connectivity index (χ0n) is 26.3. The summed E-state index contributed by atoms with van der Waals surface area (Å²) >= 11 is 0. The second-order valence-electron chi connectivity index (χ2n) is 12.5. The van der Waals surface area contributed by atoms with Gasteiger partial charge in [-0.1, -0.05) is 32.8 Å². The van der Waals surface area contributed by atoms with Gasteiger partial charge in [0.05, 0.1) is 57.7 Å². The Morgan fingerprint density at radius 1 is 1.18 bits per heavy atom. The Hall–Kier alpha value is -4.58. The number of nitrogens with two attached hydrogens (primary N) is 1. The number of unbranched alkanes of at least 4 members (excludes halogenated alkanes) is 2. The Bertz CT molecular complexity index is 1840. The highest BCUT2D eigenvalue weighted by Gasteiger charge is 2.51. The molecule has 236 valence electrons. The van der Waals surface area contributed by atoms with E-state index in [9.17, 15) is 19.2 Å². The Kier molecular flexibility index (Phi) is 7.51. The first kappa shape index (κ1) is 30.4. The van der Waals surface area contributed by atoms with Crippen molar-refractivity contribution in [1.29, 1.82) is 0 Å². The van der Waals surface area contributed by atoms with E-state index in [4.69, 9.17) is 25.2 Å². The smallest absolute Gasteiger partial charge is 0.355 e. The van der Waals surface area contributed by atoms with Crippen molar-refractivity contribution in [3.8, 4) is 11.4 Å². The lowest BCUT2D eigenvalue weighted by Crippen LogP contribution is -2.52. The molecular formula is C33H38N6O6. The van der Waals surface area contributed by atoms with Crippen LogP contribution in [-0.4, -0.2) is 64.3 Å². The maximum atomic E-state index is 14.1. The Labute approximate surface area is 260 Å². The molecule has 0 bridgehead atoms. The lowest BCUT2D eigenvalue weighted by atomic mass is 9.85. The van der Waals surface area contributed by atoms with Crippen LogP contribution in [0.2, 0.25) is 0 Å². The lowest BCUT2D eigenvalue weighted by Gasteiger charge is -2.36. The van der Waals surface area contributed by atoms with Crippen molar-refractivity contribution in [2.24, 2.45) is 10.7 Å². The molecule has 0 radical (unpaired) electrons. The van der Waals surface area contributed by atoms with Crippen LogP contribution in [0.15, 0.2) is 34.1 Å². The molecule has 12 nitrogen and oxygen atoms in total. The van der Waals surface area contributed by atoms with Crippen LogP contribution < -0.4 is 16.2 Å². The highest BCUT2D eigenvalue weighted by atomic mass is 16.6. The van der Waals surface area contributed by atoms with Crippen molar-refractivity contribution < 1.29 is 23.9 Å². The number of amides is 1. The predicted molar refractivity (Wildman–Crippen MR) is 169 cm³/mol. The molecular weight excluding hydrogens is 576 g/mol. The van der Waals surface area contributed by atoms with Gasteiger partial charge in [-0.15, -0.1) is 0 Å². The fourth-order valence-electron chi connectivity index (χ4n) is 6.54. The highest BCUT2D eigenvalue weighted by Crippen LogP contribution is 2.47. The van der Waals surface area contributed by atoms with Crippen LogP contribution in [0.25, 0.3) is 22.3 Å². The predicted octanol–water partition coefficient (Wildman–Crippen LogP) is 3.50. The normalized spacial score (nSPS) is 17.9. The van der Waals surface area contributed by atoms with E-state index >= 15 is 0 Å². The zero-order chi connectivity index (χ0) is 32.3. The molecule has 0 saturated carbocycles. The van der Waals surface area contributed by atoms with Crippen molar-refractivity contribution in [2.75, 3.05) is 25.0 Å². The summed E-state index contributed by atoms with van der Waals surface area (Å²) in [6.07, 6.45) is 5.01. The molecule has 12 heteroatoms. The molecule has 6 rings (SSSR count). The second-order valence-corrected chi connectivity index (χ2v) is 12.5. The number of nitrogens with zero attached hydrogens (tertiary/aromatic N) is 5. The van der Waals surface area contributed by atoms with Gasteiger partial charge in [0, 0.05) is 24.7 Å². The number of carbonyl (C=O) groups excluding carboxylic acids is 3. The molecule has 0 unspecified atom stereocenters. The standard InChI is InChI=1S/C33H38N6O6/c1-6-8-9-13-38-18-35-22-11-10-12-23-26(22)28(38)19-15-39-24(27(19)36-23)14-21-20(29(39)41)17-44-31(43)33(21,7-2)45-25(40)16-37(5)30(42)32(3,4)34/h10-12,14,18H,6-9,13,15-17,34H2,1-5H3/t33-/m0/s1. The number of hydrogen-bond acceptors (Lipinski definition) is 10. The molecule has 0 aliphatic carbocycles. The number of fused-ring (bicyclic) bond motifs is 5. The fraction of sp³-hybridized carbons (Fsp3) is 0.455. The van der Waals surface area contributed by atoms with Crippen molar-refractivity contribution >= 4 is 46.5 Å². The van der Waals surface area contributed by atoms with Crippen molar-refractivity contribution in [3.05, 3.63) is 51.3 Å². The van der Waals surface area contributed by atoms with Gasteiger partial charge in [-0.25, -0.2) is 14.8 Å². The van der Waals surface area contributed by atoms with Crippen LogP contribution in [0, 0.1) is 0 Å². The van der Waals surface area contributed by atoms with E-state index in [1.54, 1.807) is 17.6 Å². The average Bonchev–Trinajstić information content (AvgIpc) is 3.37. The fourth-order valence-corrected chi connectivity index (χ4v) is 6.54. The van der Waals surface area contributed by atoms with Crippen molar-refractivity contribution in [2.45, 2.75) is 77.7 Å². The molecule has 0 fully saturated rings. The Morgan fingerprint density at radius 2 is 1.96 bits per heavy atom. The summed E-state index contributed by atoms with van der Waals surface area (Å²) in [7, 11) is 1.43. The first-order chi connectivity index (χ1) is 21.4. The van der Waals surface area contributed by atoms with Gasteiger partial charge < -0.3 is 29.6 Å². The van der Waals surface area contributed by atoms with Crippen LogP contribution in [0.5, 0.6) is 0 Å². The summed E-state index contributed by atoms with van der Waals surface area (Å²) in [5, 5.41) is 0.940. The highest BCUT2D eigenvalue weighted by molar-refractivity contribution is 6.11. The number of hydrogen-bond donors (Lipinski definition) is 1. The molecule has 0 spiro atoms. The van der Waals surface area contributed by atoms with E-state index in [0.717, 1.165) is 58.5 Å². The number of carbonyl (C=O) groups is 3. The van der Waals surface area contributed by atoms with Gasteiger partial charge in [0.1, 0.15) is 13.2 Å². The quantitative estimate of drug-likeness (QED) is 0.221. The number of rotatable bonds is 9. The van der Waals surface area contributed by atoms with Gasteiger partial charge in [-0.05, 0) is 44.9 Å². The summed E-state index contributed by atoms with van der Waals surface area (Å²) in [4.78, 5) is 66.4. The zero-order valence-corrected chi connectivity index (χ0v) is 26.3. The largest absolute Gasteiger partial charge is 0.457 e. The summed E-state index contributed by atoms with van der Waals surface area (Å²) in [5.74, 6) is -2.07. The molecule has 3 aliphatic heterocycles. The second kappa shape index (κ2) is 11.1. The van der Waals surface area contributed by atoms with Gasteiger partial charge in [0.25, 0.3) is 5.56 Å². The number of benzene rings is 1. The molecule has 1 atom stereocenters. The number of anilines is 1. The third kappa shape index (κ3) is 4.87. The van der Waals surface area contributed by atoms with E-state index in [1.165, 1.54) is 20.9 Å².